The molecule has 3 rings (SSSR count). The van der Waals surface area contributed by atoms with Gasteiger partial charge in [0.2, 0.25) is 0 Å². The maximum absolute atomic E-state index is 12.2. The third-order valence-electron chi connectivity index (χ3n) is 3.75. The maximum atomic E-state index is 12.2. The zero-order chi connectivity index (χ0) is 17.6. The van der Waals surface area contributed by atoms with Gasteiger partial charge in [-0.05, 0) is 31.5 Å². The Morgan fingerprint density at radius 2 is 1.76 bits per heavy atom. The van der Waals surface area contributed by atoms with Crippen molar-refractivity contribution in [3.8, 4) is 0 Å². The number of anilines is 2. The van der Waals surface area contributed by atoms with Gasteiger partial charge >= 0.3 is 0 Å². The van der Waals surface area contributed by atoms with Crippen LogP contribution in [0, 0.1) is 13.8 Å². The van der Waals surface area contributed by atoms with Gasteiger partial charge in [0.1, 0.15) is 11.5 Å². The Balaban J connectivity index is 1.59. The number of carbonyl (C=O) groups is 1. The summed E-state index contributed by atoms with van der Waals surface area (Å²) in [6.45, 7) is 4.72. The van der Waals surface area contributed by atoms with Crippen LogP contribution in [-0.2, 0) is 6.54 Å². The Hall–Kier alpha value is -3.21. The number of rotatable bonds is 5. The van der Waals surface area contributed by atoms with E-state index in [9.17, 15) is 4.79 Å². The molecule has 2 N–H and O–H groups in total. The van der Waals surface area contributed by atoms with E-state index in [1.165, 1.54) is 17.3 Å². The summed E-state index contributed by atoms with van der Waals surface area (Å²) in [6, 6.07) is 15.9. The lowest BCUT2D eigenvalue weighted by Gasteiger charge is -2.08. The Labute approximate surface area is 147 Å². The fraction of sp³-hybridized carbons (Fsp3) is 0.150. The van der Waals surface area contributed by atoms with Crippen LogP contribution < -0.4 is 10.6 Å². The normalized spacial score (nSPS) is 10.3. The Morgan fingerprint density at radius 1 is 0.960 bits per heavy atom. The average Bonchev–Trinajstić information content (AvgIpc) is 2.62. The molecule has 0 atom stereocenters. The first-order valence-corrected chi connectivity index (χ1v) is 8.09. The van der Waals surface area contributed by atoms with Crippen LogP contribution in [0.1, 0.15) is 27.2 Å². The van der Waals surface area contributed by atoms with E-state index in [0.29, 0.717) is 12.4 Å². The molecule has 5 nitrogen and oxygen atoms in total. The second-order valence-corrected chi connectivity index (χ2v) is 5.95. The third-order valence-corrected chi connectivity index (χ3v) is 3.75. The van der Waals surface area contributed by atoms with Gasteiger partial charge in [-0.2, -0.15) is 0 Å². The smallest absolute Gasteiger partial charge is 0.275 e. The highest BCUT2D eigenvalue weighted by atomic mass is 16.1. The van der Waals surface area contributed by atoms with Crippen LogP contribution in [0.15, 0.2) is 60.9 Å². The molecule has 0 unspecified atom stereocenters. The number of hydrogen-bond acceptors (Lipinski definition) is 4. The van der Waals surface area contributed by atoms with Gasteiger partial charge in [-0.1, -0.05) is 47.5 Å². The van der Waals surface area contributed by atoms with E-state index in [2.05, 4.69) is 45.7 Å². The largest absolute Gasteiger partial charge is 0.365 e. The van der Waals surface area contributed by atoms with E-state index in [1.807, 2.05) is 37.3 Å². The van der Waals surface area contributed by atoms with Crippen LogP contribution in [-0.4, -0.2) is 15.9 Å². The highest BCUT2D eigenvalue weighted by molar-refractivity contribution is 6.02. The zero-order valence-electron chi connectivity index (χ0n) is 14.3. The molecular formula is C20H20N4O. The van der Waals surface area contributed by atoms with Gasteiger partial charge in [0.25, 0.3) is 5.91 Å². The molecule has 3 aromatic rings. The topological polar surface area (TPSA) is 66.9 Å². The maximum Gasteiger partial charge on any atom is 0.275 e. The molecule has 0 fully saturated rings. The zero-order valence-corrected chi connectivity index (χ0v) is 14.3. The van der Waals surface area contributed by atoms with Crippen molar-refractivity contribution in [1.29, 1.82) is 0 Å². The molecular weight excluding hydrogens is 312 g/mol. The summed E-state index contributed by atoms with van der Waals surface area (Å²) in [6.07, 6.45) is 3.04. The third kappa shape index (κ3) is 4.64. The van der Waals surface area contributed by atoms with Crippen LogP contribution in [0.4, 0.5) is 11.5 Å². The molecule has 0 bridgehead atoms. The lowest BCUT2D eigenvalue weighted by Crippen LogP contribution is -2.14. The van der Waals surface area contributed by atoms with Gasteiger partial charge in [-0.25, -0.2) is 9.97 Å². The molecule has 1 aromatic heterocycles. The first-order valence-electron chi connectivity index (χ1n) is 8.09. The summed E-state index contributed by atoms with van der Waals surface area (Å²) in [5.74, 6) is 0.356. The van der Waals surface area contributed by atoms with Gasteiger partial charge in [0, 0.05) is 12.2 Å². The monoisotopic (exact) mass is 332 g/mol. The first-order chi connectivity index (χ1) is 12.1. The van der Waals surface area contributed by atoms with Crippen molar-refractivity contribution < 1.29 is 4.79 Å². The van der Waals surface area contributed by atoms with Crippen LogP contribution in [0.2, 0.25) is 0 Å². The summed E-state index contributed by atoms with van der Waals surface area (Å²) in [4.78, 5) is 20.6. The Bertz CT molecular complexity index is 858. The molecule has 2 aromatic carbocycles. The molecule has 5 heteroatoms. The van der Waals surface area contributed by atoms with Crippen molar-refractivity contribution in [2.24, 2.45) is 0 Å². The second-order valence-electron chi connectivity index (χ2n) is 5.95. The van der Waals surface area contributed by atoms with Crippen molar-refractivity contribution in [1.82, 2.24) is 9.97 Å². The quantitative estimate of drug-likeness (QED) is 0.742. The first kappa shape index (κ1) is 16.6. The van der Waals surface area contributed by atoms with E-state index >= 15 is 0 Å². The Kier molecular flexibility index (Phi) is 5.04. The standard InChI is InChI=1S/C20H20N4O/c1-14-6-8-17(9-7-14)24-20(25)18-12-23-19(13-21-18)22-11-16-5-3-4-15(2)10-16/h3-10,12-13H,11H2,1-2H3,(H,22,23)(H,24,25). The minimum atomic E-state index is -0.276. The minimum absolute atomic E-state index is 0.276. The lowest BCUT2D eigenvalue weighted by molar-refractivity contribution is 0.102. The van der Waals surface area contributed by atoms with Gasteiger partial charge in [0.15, 0.2) is 0 Å². The predicted molar refractivity (Wildman–Crippen MR) is 99.7 cm³/mol. The van der Waals surface area contributed by atoms with Crippen LogP contribution in [0.3, 0.4) is 0 Å². The second kappa shape index (κ2) is 7.57. The molecule has 126 valence electrons. The van der Waals surface area contributed by atoms with Gasteiger partial charge in [-0.3, -0.25) is 4.79 Å². The number of hydrogen-bond donors (Lipinski definition) is 2. The van der Waals surface area contributed by atoms with Crippen LogP contribution in [0.5, 0.6) is 0 Å². The molecule has 0 spiro atoms. The number of aromatic nitrogens is 2. The van der Waals surface area contributed by atoms with Crippen LogP contribution in [0.25, 0.3) is 0 Å². The number of amides is 1. The van der Waals surface area contributed by atoms with Crippen molar-refractivity contribution >= 4 is 17.4 Å². The number of nitrogens with one attached hydrogen (secondary N) is 2. The van der Waals surface area contributed by atoms with Crippen molar-refractivity contribution in [2.45, 2.75) is 20.4 Å². The average molecular weight is 332 g/mol. The van der Waals surface area contributed by atoms with Crippen LogP contribution >= 0.6 is 0 Å². The molecule has 0 saturated heterocycles. The number of carbonyl (C=O) groups excluding carboxylic acids is 1. The SMILES string of the molecule is Cc1ccc(NC(=O)c2cnc(NCc3cccc(C)c3)cn2)cc1. The molecule has 0 aliphatic carbocycles. The molecule has 25 heavy (non-hydrogen) atoms. The number of aryl methyl sites for hydroxylation is 2. The molecule has 0 aliphatic rings. The van der Waals surface area contributed by atoms with E-state index in [4.69, 9.17) is 0 Å². The molecule has 1 amide bonds. The number of nitrogens with zero attached hydrogens (tertiary/aromatic N) is 2. The lowest BCUT2D eigenvalue weighted by atomic mass is 10.1. The summed E-state index contributed by atoms with van der Waals surface area (Å²) < 4.78 is 0. The molecule has 1 heterocycles. The summed E-state index contributed by atoms with van der Waals surface area (Å²) in [7, 11) is 0. The minimum Gasteiger partial charge on any atom is -0.365 e. The van der Waals surface area contributed by atoms with Gasteiger partial charge in [0.05, 0.1) is 12.4 Å². The summed E-state index contributed by atoms with van der Waals surface area (Å²) >= 11 is 0. The van der Waals surface area contributed by atoms with Gasteiger partial charge in [-0.15, -0.1) is 0 Å². The highest BCUT2D eigenvalue weighted by Gasteiger charge is 2.08. The Morgan fingerprint density at radius 3 is 2.44 bits per heavy atom. The fourth-order valence-electron chi connectivity index (χ4n) is 2.38. The van der Waals surface area contributed by atoms with Crippen molar-refractivity contribution in [3.05, 3.63) is 83.3 Å². The van der Waals surface area contributed by atoms with E-state index in [0.717, 1.165) is 11.3 Å². The van der Waals surface area contributed by atoms with Gasteiger partial charge < -0.3 is 10.6 Å². The summed E-state index contributed by atoms with van der Waals surface area (Å²) in [5, 5.41) is 6.01. The van der Waals surface area contributed by atoms with Crippen molar-refractivity contribution in [2.75, 3.05) is 10.6 Å². The molecule has 0 radical (unpaired) electrons. The summed E-state index contributed by atoms with van der Waals surface area (Å²) in [5.41, 5.74) is 4.54. The van der Waals surface area contributed by atoms with E-state index in [-0.39, 0.29) is 11.6 Å². The fourth-order valence-corrected chi connectivity index (χ4v) is 2.38. The van der Waals surface area contributed by atoms with Crippen molar-refractivity contribution in [3.63, 3.8) is 0 Å². The predicted octanol–water partition coefficient (Wildman–Crippen LogP) is 3.96. The van der Waals surface area contributed by atoms with E-state index in [1.54, 1.807) is 6.20 Å². The highest BCUT2D eigenvalue weighted by Crippen LogP contribution is 2.11. The molecule has 0 aliphatic heterocycles. The van der Waals surface area contributed by atoms with E-state index < -0.39 is 0 Å². The number of benzene rings is 2. The molecule has 0 saturated carbocycles.